The predicted octanol–water partition coefficient (Wildman–Crippen LogP) is 3.33. The van der Waals surface area contributed by atoms with Gasteiger partial charge >= 0.3 is 6.03 Å². The number of aryl methyl sites for hydroxylation is 1. The van der Waals surface area contributed by atoms with Crippen molar-refractivity contribution in [3.8, 4) is 11.1 Å². The summed E-state index contributed by atoms with van der Waals surface area (Å²) in [5.41, 5.74) is 4.30. The molecule has 0 aliphatic carbocycles. The van der Waals surface area contributed by atoms with Crippen LogP contribution < -0.4 is 5.32 Å². The molecule has 2 saturated heterocycles. The molecule has 2 aliphatic heterocycles. The van der Waals surface area contributed by atoms with Crippen LogP contribution in [0.3, 0.4) is 0 Å². The van der Waals surface area contributed by atoms with Gasteiger partial charge < -0.3 is 15.3 Å². The summed E-state index contributed by atoms with van der Waals surface area (Å²) in [6.07, 6.45) is 1.91. The van der Waals surface area contributed by atoms with E-state index >= 15 is 0 Å². The quantitative estimate of drug-likeness (QED) is 0.877. The van der Waals surface area contributed by atoms with E-state index < -0.39 is 6.10 Å². The van der Waals surface area contributed by atoms with Gasteiger partial charge in [0.15, 0.2) is 0 Å². The van der Waals surface area contributed by atoms with Crippen molar-refractivity contribution in [2.75, 3.05) is 31.5 Å². The minimum absolute atomic E-state index is 0.0714. The number of carbonyl (C=O) groups excluding carboxylic acids is 1. The van der Waals surface area contributed by atoms with Crippen molar-refractivity contribution >= 4 is 11.7 Å². The number of likely N-dealkylation sites (tertiary alicyclic amines) is 2. The first kappa shape index (κ1) is 18.0. The second kappa shape index (κ2) is 7.71. The zero-order chi connectivity index (χ0) is 18.8. The maximum Gasteiger partial charge on any atom is 0.321 e. The van der Waals surface area contributed by atoms with E-state index in [9.17, 15) is 9.90 Å². The smallest absolute Gasteiger partial charge is 0.321 e. The summed E-state index contributed by atoms with van der Waals surface area (Å²) in [4.78, 5) is 16.6. The van der Waals surface area contributed by atoms with Crippen LogP contribution in [-0.2, 0) is 0 Å². The zero-order valence-corrected chi connectivity index (χ0v) is 15.8. The van der Waals surface area contributed by atoms with Gasteiger partial charge in [-0.05, 0) is 56.1 Å². The van der Waals surface area contributed by atoms with Gasteiger partial charge in [-0.1, -0.05) is 42.0 Å². The number of anilines is 1. The third kappa shape index (κ3) is 3.99. The average Bonchev–Trinajstić information content (AvgIpc) is 3.32. The minimum Gasteiger partial charge on any atom is -0.390 e. The summed E-state index contributed by atoms with van der Waals surface area (Å²) in [6, 6.07) is 16.2. The Hall–Kier alpha value is -2.37. The normalized spacial score (nSPS) is 23.0. The summed E-state index contributed by atoms with van der Waals surface area (Å²) in [5.74, 6) is 0. The molecular weight excluding hydrogens is 338 g/mol. The van der Waals surface area contributed by atoms with Crippen LogP contribution in [0.4, 0.5) is 10.5 Å². The van der Waals surface area contributed by atoms with E-state index in [-0.39, 0.29) is 12.1 Å². The number of aliphatic hydroxyl groups is 1. The summed E-state index contributed by atoms with van der Waals surface area (Å²) in [7, 11) is 0. The summed E-state index contributed by atoms with van der Waals surface area (Å²) in [5, 5.41) is 13.3. The first-order valence-corrected chi connectivity index (χ1v) is 9.75. The Balaban J connectivity index is 1.37. The molecule has 27 heavy (non-hydrogen) atoms. The molecule has 4 rings (SSSR count). The van der Waals surface area contributed by atoms with Gasteiger partial charge in [-0.2, -0.15) is 0 Å². The molecule has 2 N–H and O–H groups in total. The second-order valence-corrected chi connectivity index (χ2v) is 7.66. The molecule has 0 spiro atoms. The Morgan fingerprint density at radius 2 is 1.56 bits per heavy atom. The first-order chi connectivity index (χ1) is 13.1. The fourth-order valence-corrected chi connectivity index (χ4v) is 4.06. The molecule has 0 radical (unpaired) electrons. The number of carbonyl (C=O) groups is 1. The molecule has 2 aromatic carbocycles. The average molecular weight is 365 g/mol. The Bertz CT molecular complexity index is 782. The van der Waals surface area contributed by atoms with Crippen LogP contribution in [0.2, 0.25) is 0 Å². The molecule has 0 bridgehead atoms. The number of urea groups is 1. The number of benzene rings is 2. The molecule has 2 heterocycles. The summed E-state index contributed by atoms with van der Waals surface area (Å²) < 4.78 is 0. The molecular formula is C22H27N3O2. The fourth-order valence-electron chi connectivity index (χ4n) is 4.06. The van der Waals surface area contributed by atoms with Gasteiger partial charge in [-0.25, -0.2) is 4.79 Å². The number of amides is 2. The SMILES string of the molecule is Cc1ccc(-c2ccc(NC(=O)N3C[C@H](O)[C@@H](N4CCCC4)C3)cc2)cc1. The molecule has 2 aromatic rings. The van der Waals surface area contributed by atoms with Crippen molar-refractivity contribution in [3.05, 3.63) is 54.1 Å². The molecule has 0 aromatic heterocycles. The van der Waals surface area contributed by atoms with E-state index in [1.807, 2.05) is 24.3 Å². The molecule has 142 valence electrons. The van der Waals surface area contributed by atoms with Crippen LogP contribution in [-0.4, -0.2) is 59.3 Å². The number of nitrogens with one attached hydrogen (secondary N) is 1. The number of aliphatic hydroxyl groups excluding tert-OH is 1. The lowest BCUT2D eigenvalue weighted by molar-refractivity contribution is 0.0980. The molecule has 2 atom stereocenters. The lowest BCUT2D eigenvalue weighted by Crippen LogP contribution is -2.41. The molecule has 5 heteroatoms. The van der Waals surface area contributed by atoms with Gasteiger partial charge in [0.1, 0.15) is 0 Å². The highest BCUT2D eigenvalue weighted by Crippen LogP contribution is 2.24. The minimum atomic E-state index is -0.460. The lowest BCUT2D eigenvalue weighted by atomic mass is 10.0. The Morgan fingerprint density at radius 1 is 0.963 bits per heavy atom. The van der Waals surface area contributed by atoms with Crippen molar-refractivity contribution in [2.45, 2.75) is 31.9 Å². The van der Waals surface area contributed by atoms with Crippen LogP contribution in [0.1, 0.15) is 18.4 Å². The summed E-state index contributed by atoms with van der Waals surface area (Å²) >= 11 is 0. The van der Waals surface area contributed by atoms with E-state index in [1.165, 1.54) is 18.4 Å². The van der Waals surface area contributed by atoms with Gasteiger partial charge in [0.05, 0.1) is 18.7 Å². The molecule has 0 unspecified atom stereocenters. The second-order valence-electron chi connectivity index (χ2n) is 7.66. The zero-order valence-electron chi connectivity index (χ0n) is 15.8. The highest BCUT2D eigenvalue weighted by Gasteiger charge is 2.38. The van der Waals surface area contributed by atoms with Crippen LogP contribution in [0, 0.1) is 6.92 Å². The molecule has 2 aliphatic rings. The van der Waals surface area contributed by atoms with E-state index in [1.54, 1.807) is 4.90 Å². The van der Waals surface area contributed by atoms with Crippen molar-refractivity contribution < 1.29 is 9.90 Å². The maximum absolute atomic E-state index is 12.6. The monoisotopic (exact) mass is 365 g/mol. The van der Waals surface area contributed by atoms with Crippen molar-refractivity contribution in [1.29, 1.82) is 0 Å². The van der Waals surface area contributed by atoms with Crippen LogP contribution in [0.15, 0.2) is 48.5 Å². The largest absolute Gasteiger partial charge is 0.390 e. The van der Waals surface area contributed by atoms with Crippen LogP contribution in [0.25, 0.3) is 11.1 Å². The topological polar surface area (TPSA) is 55.8 Å². The first-order valence-electron chi connectivity index (χ1n) is 9.75. The third-order valence-corrected chi connectivity index (χ3v) is 5.68. The van der Waals surface area contributed by atoms with Gasteiger partial charge in [0.25, 0.3) is 0 Å². The number of hydrogen-bond donors (Lipinski definition) is 2. The standard InChI is InChI=1S/C22H27N3O2/c1-16-4-6-17(7-5-16)18-8-10-19(11-9-18)23-22(27)25-14-20(21(26)15-25)24-12-2-3-13-24/h4-11,20-21,26H,2-3,12-15H2,1H3,(H,23,27)/t20-,21-/m0/s1. The Kier molecular flexibility index (Phi) is 5.14. The van der Waals surface area contributed by atoms with E-state index in [2.05, 4.69) is 41.4 Å². The maximum atomic E-state index is 12.6. The van der Waals surface area contributed by atoms with Crippen LogP contribution >= 0.6 is 0 Å². The van der Waals surface area contributed by atoms with E-state index in [4.69, 9.17) is 0 Å². The van der Waals surface area contributed by atoms with Crippen molar-refractivity contribution in [1.82, 2.24) is 9.80 Å². The molecule has 2 fully saturated rings. The van der Waals surface area contributed by atoms with E-state index in [0.29, 0.717) is 13.1 Å². The molecule has 2 amide bonds. The summed E-state index contributed by atoms with van der Waals surface area (Å²) in [6.45, 7) is 5.12. The highest BCUT2D eigenvalue weighted by molar-refractivity contribution is 5.90. The highest BCUT2D eigenvalue weighted by atomic mass is 16.3. The predicted molar refractivity (Wildman–Crippen MR) is 108 cm³/mol. The van der Waals surface area contributed by atoms with Crippen molar-refractivity contribution in [3.63, 3.8) is 0 Å². The van der Waals surface area contributed by atoms with Gasteiger partial charge in [-0.3, -0.25) is 4.90 Å². The Labute approximate surface area is 160 Å². The van der Waals surface area contributed by atoms with Crippen molar-refractivity contribution in [2.24, 2.45) is 0 Å². The number of hydrogen-bond acceptors (Lipinski definition) is 3. The molecule has 0 saturated carbocycles. The lowest BCUT2D eigenvalue weighted by Gasteiger charge is -2.25. The number of nitrogens with zero attached hydrogens (tertiary/aromatic N) is 2. The van der Waals surface area contributed by atoms with E-state index in [0.717, 1.165) is 29.9 Å². The van der Waals surface area contributed by atoms with Crippen LogP contribution in [0.5, 0.6) is 0 Å². The van der Waals surface area contributed by atoms with Gasteiger partial charge in [0, 0.05) is 12.2 Å². The van der Waals surface area contributed by atoms with Gasteiger partial charge in [0.2, 0.25) is 0 Å². The molecule has 5 nitrogen and oxygen atoms in total. The Morgan fingerprint density at radius 3 is 2.19 bits per heavy atom. The number of β-amino-alcohol motifs (C(OH)–C–C–N with tert-alkyl or cyclic N) is 1. The number of rotatable bonds is 3. The fraction of sp³-hybridized carbons (Fsp3) is 0.409. The van der Waals surface area contributed by atoms with Gasteiger partial charge in [-0.15, -0.1) is 0 Å². The third-order valence-electron chi connectivity index (χ3n) is 5.68.